The Kier molecular flexibility index (Phi) is 5.30. The predicted octanol–water partition coefficient (Wildman–Crippen LogP) is 3.27. The van der Waals surface area contributed by atoms with Gasteiger partial charge >= 0.3 is 0 Å². The Labute approximate surface area is 116 Å². The lowest BCUT2D eigenvalue weighted by Gasteiger charge is -2.10. The van der Waals surface area contributed by atoms with Crippen LogP contribution in [0.15, 0.2) is 46.7 Å². The molecule has 0 aliphatic heterocycles. The molecular weight excluding hydrogens is 261 g/mol. The minimum Gasteiger partial charge on any atom is -0.313 e. The summed E-state index contributed by atoms with van der Waals surface area (Å²) >= 11 is 1.31. The van der Waals surface area contributed by atoms with Crippen molar-refractivity contribution in [1.29, 1.82) is 0 Å². The maximum Gasteiger partial charge on any atom is 0.137 e. The van der Waals surface area contributed by atoms with Crippen LogP contribution < -0.4 is 5.32 Å². The van der Waals surface area contributed by atoms with E-state index in [9.17, 15) is 4.39 Å². The predicted molar refractivity (Wildman–Crippen MR) is 74.6 cm³/mol. The summed E-state index contributed by atoms with van der Waals surface area (Å²) in [6.45, 7) is 3.69. The summed E-state index contributed by atoms with van der Waals surface area (Å²) in [4.78, 5) is 8.78. The summed E-state index contributed by atoms with van der Waals surface area (Å²) in [6.07, 6.45) is 5.91. The van der Waals surface area contributed by atoms with E-state index in [0.717, 1.165) is 18.5 Å². The van der Waals surface area contributed by atoms with Gasteiger partial charge in [0.05, 0.1) is 11.1 Å². The molecule has 0 atom stereocenters. The lowest BCUT2D eigenvalue weighted by atomic mass is 10.2. The molecule has 100 valence electrons. The number of hydrogen-bond acceptors (Lipinski definition) is 4. The quantitative estimate of drug-likeness (QED) is 0.822. The summed E-state index contributed by atoms with van der Waals surface area (Å²) in [7, 11) is 0. The third-order valence-electron chi connectivity index (χ3n) is 2.54. The maximum absolute atomic E-state index is 13.9. The average Bonchev–Trinajstić information content (AvgIpc) is 2.44. The average molecular weight is 277 g/mol. The van der Waals surface area contributed by atoms with Gasteiger partial charge in [-0.25, -0.2) is 9.37 Å². The Hall–Kier alpha value is -1.46. The fourth-order valence-corrected chi connectivity index (χ4v) is 2.52. The maximum atomic E-state index is 13.9. The van der Waals surface area contributed by atoms with Gasteiger partial charge < -0.3 is 5.32 Å². The van der Waals surface area contributed by atoms with Gasteiger partial charge in [-0.3, -0.25) is 4.98 Å². The van der Waals surface area contributed by atoms with Gasteiger partial charge in [-0.05, 0) is 24.6 Å². The van der Waals surface area contributed by atoms with Crippen LogP contribution in [0.3, 0.4) is 0 Å². The zero-order chi connectivity index (χ0) is 13.5. The minimum atomic E-state index is -0.216. The van der Waals surface area contributed by atoms with Crippen molar-refractivity contribution in [1.82, 2.24) is 15.3 Å². The number of benzene rings is 1. The molecule has 1 N–H and O–H groups in total. The first-order valence-corrected chi connectivity index (χ1v) is 7.05. The number of nitrogens with one attached hydrogen (secondary N) is 1. The molecule has 2 aromatic rings. The second-order valence-corrected chi connectivity index (χ2v) is 5.08. The molecule has 0 saturated carbocycles. The van der Waals surface area contributed by atoms with Crippen molar-refractivity contribution in [2.24, 2.45) is 0 Å². The van der Waals surface area contributed by atoms with Crippen LogP contribution in [0.4, 0.5) is 4.39 Å². The molecule has 0 spiro atoms. The normalized spacial score (nSPS) is 10.6. The molecule has 19 heavy (non-hydrogen) atoms. The second kappa shape index (κ2) is 7.21. The largest absolute Gasteiger partial charge is 0.313 e. The van der Waals surface area contributed by atoms with E-state index in [1.807, 2.05) is 6.07 Å². The molecule has 1 heterocycles. The van der Waals surface area contributed by atoms with E-state index in [0.29, 0.717) is 16.5 Å². The van der Waals surface area contributed by atoms with Gasteiger partial charge in [0.1, 0.15) is 10.8 Å². The molecule has 0 radical (unpaired) electrons. The van der Waals surface area contributed by atoms with E-state index in [-0.39, 0.29) is 5.82 Å². The van der Waals surface area contributed by atoms with Crippen LogP contribution in [-0.4, -0.2) is 16.5 Å². The van der Waals surface area contributed by atoms with Crippen LogP contribution in [0.25, 0.3) is 0 Å². The van der Waals surface area contributed by atoms with E-state index in [4.69, 9.17) is 0 Å². The number of nitrogens with zero attached hydrogens (tertiary/aromatic N) is 2. The molecule has 1 aromatic heterocycles. The van der Waals surface area contributed by atoms with Crippen molar-refractivity contribution in [3.8, 4) is 0 Å². The van der Waals surface area contributed by atoms with E-state index in [2.05, 4.69) is 22.2 Å². The molecule has 2 rings (SSSR count). The van der Waals surface area contributed by atoms with Gasteiger partial charge in [0, 0.05) is 18.9 Å². The van der Waals surface area contributed by atoms with Crippen LogP contribution in [0.2, 0.25) is 0 Å². The highest BCUT2D eigenvalue weighted by Gasteiger charge is 2.10. The first-order valence-electron chi connectivity index (χ1n) is 6.23. The van der Waals surface area contributed by atoms with Crippen molar-refractivity contribution in [3.05, 3.63) is 48.2 Å². The summed E-state index contributed by atoms with van der Waals surface area (Å²) in [5.74, 6) is -0.216. The van der Waals surface area contributed by atoms with Gasteiger partial charge in [-0.1, -0.05) is 30.8 Å². The van der Waals surface area contributed by atoms with Crippen LogP contribution in [-0.2, 0) is 6.54 Å². The summed E-state index contributed by atoms with van der Waals surface area (Å²) in [5.41, 5.74) is 0.948. The molecule has 0 amide bonds. The standard InChI is InChI=1S/C14H16FN3S/c1-2-6-16-9-11-4-3-5-12(15)14(11)19-13-10-17-7-8-18-13/h3-5,7-8,10,16H,2,6,9H2,1H3. The molecule has 0 fully saturated rings. The van der Waals surface area contributed by atoms with Crippen molar-refractivity contribution in [2.75, 3.05) is 6.54 Å². The Balaban J connectivity index is 2.18. The van der Waals surface area contributed by atoms with Crippen molar-refractivity contribution < 1.29 is 4.39 Å². The highest BCUT2D eigenvalue weighted by Crippen LogP contribution is 2.31. The zero-order valence-corrected chi connectivity index (χ0v) is 11.6. The third kappa shape index (κ3) is 4.01. The SMILES string of the molecule is CCCNCc1cccc(F)c1Sc1cnccn1. The number of aromatic nitrogens is 2. The van der Waals surface area contributed by atoms with Crippen molar-refractivity contribution in [2.45, 2.75) is 29.8 Å². The monoisotopic (exact) mass is 277 g/mol. The van der Waals surface area contributed by atoms with E-state index in [1.165, 1.54) is 17.8 Å². The number of hydrogen-bond donors (Lipinski definition) is 1. The zero-order valence-electron chi connectivity index (χ0n) is 10.8. The molecule has 0 aliphatic carbocycles. The molecule has 0 bridgehead atoms. The van der Waals surface area contributed by atoms with Crippen LogP contribution in [0, 0.1) is 5.82 Å². The van der Waals surface area contributed by atoms with Gasteiger partial charge in [0.15, 0.2) is 0 Å². The summed E-state index contributed by atoms with van der Waals surface area (Å²) < 4.78 is 13.9. The van der Waals surface area contributed by atoms with E-state index in [1.54, 1.807) is 24.7 Å². The van der Waals surface area contributed by atoms with Crippen molar-refractivity contribution in [3.63, 3.8) is 0 Å². The van der Waals surface area contributed by atoms with Crippen molar-refractivity contribution >= 4 is 11.8 Å². The summed E-state index contributed by atoms with van der Waals surface area (Å²) in [5, 5.41) is 3.99. The third-order valence-corrected chi connectivity index (χ3v) is 3.62. The molecule has 0 aliphatic rings. The summed E-state index contributed by atoms with van der Waals surface area (Å²) in [6, 6.07) is 5.14. The van der Waals surface area contributed by atoms with E-state index < -0.39 is 0 Å². The Morgan fingerprint density at radius 1 is 1.32 bits per heavy atom. The first kappa shape index (κ1) is 14.0. The first-order chi connectivity index (χ1) is 9.31. The Morgan fingerprint density at radius 2 is 2.21 bits per heavy atom. The Morgan fingerprint density at radius 3 is 2.95 bits per heavy atom. The minimum absolute atomic E-state index is 0.216. The molecule has 0 unspecified atom stereocenters. The molecule has 3 nitrogen and oxygen atoms in total. The van der Waals surface area contributed by atoms with Crippen LogP contribution in [0.1, 0.15) is 18.9 Å². The second-order valence-electron chi connectivity index (χ2n) is 4.05. The fraction of sp³-hybridized carbons (Fsp3) is 0.286. The lowest BCUT2D eigenvalue weighted by molar-refractivity contribution is 0.588. The fourth-order valence-electron chi connectivity index (χ4n) is 1.65. The topological polar surface area (TPSA) is 37.8 Å². The van der Waals surface area contributed by atoms with Gasteiger partial charge in [-0.15, -0.1) is 0 Å². The number of rotatable bonds is 6. The molecule has 5 heteroatoms. The van der Waals surface area contributed by atoms with Gasteiger partial charge in [0.25, 0.3) is 0 Å². The number of halogens is 1. The highest BCUT2D eigenvalue weighted by molar-refractivity contribution is 7.99. The molecular formula is C14H16FN3S. The highest BCUT2D eigenvalue weighted by atomic mass is 32.2. The van der Waals surface area contributed by atoms with E-state index >= 15 is 0 Å². The van der Waals surface area contributed by atoms with Crippen LogP contribution in [0.5, 0.6) is 0 Å². The lowest BCUT2D eigenvalue weighted by Crippen LogP contribution is -2.14. The molecule has 0 saturated heterocycles. The Bertz CT molecular complexity index is 519. The molecule has 1 aromatic carbocycles. The smallest absolute Gasteiger partial charge is 0.137 e. The van der Waals surface area contributed by atoms with Crippen LogP contribution >= 0.6 is 11.8 Å². The van der Waals surface area contributed by atoms with Gasteiger partial charge in [-0.2, -0.15) is 0 Å². The van der Waals surface area contributed by atoms with Gasteiger partial charge in [0.2, 0.25) is 0 Å².